The van der Waals surface area contributed by atoms with Crippen LogP contribution in [0.2, 0.25) is 0 Å². The normalized spacial score (nSPS) is 29.6. The van der Waals surface area contributed by atoms with Gasteiger partial charge in [-0.15, -0.1) is 0 Å². The number of amides is 1. The van der Waals surface area contributed by atoms with Crippen LogP contribution in [0.4, 0.5) is 0 Å². The van der Waals surface area contributed by atoms with Gasteiger partial charge < -0.3 is 14.5 Å². The van der Waals surface area contributed by atoms with E-state index in [1.54, 1.807) is 10.3 Å². The summed E-state index contributed by atoms with van der Waals surface area (Å²) >= 11 is 1.27. The highest BCUT2D eigenvalue weighted by Gasteiger charge is 2.44. The highest BCUT2D eigenvalue weighted by molar-refractivity contribution is 8.03. The van der Waals surface area contributed by atoms with E-state index in [9.17, 15) is 18.0 Å². The molecule has 3 heterocycles. The monoisotopic (exact) mass is 388 g/mol. The molecule has 25 heavy (non-hydrogen) atoms. The zero-order valence-electron chi connectivity index (χ0n) is 14.5. The van der Waals surface area contributed by atoms with Crippen molar-refractivity contribution in [3.63, 3.8) is 0 Å². The zero-order valence-corrected chi connectivity index (χ0v) is 16.1. The minimum absolute atomic E-state index is 0.0719. The largest absolute Gasteiger partial charge is 0.467 e. The Morgan fingerprint density at radius 3 is 2.48 bits per heavy atom. The summed E-state index contributed by atoms with van der Waals surface area (Å²) in [4.78, 5) is 28.9. The van der Waals surface area contributed by atoms with Crippen LogP contribution < -0.4 is 0 Å². The summed E-state index contributed by atoms with van der Waals surface area (Å²) in [5.41, 5.74) is 0.499. The summed E-state index contributed by atoms with van der Waals surface area (Å²) in [6, 6.07) is 0.0416. The van der Waals surface area contributed by atoms with Crippen molar-refractivity contribution in [3.8, 4) is 0 Å². The number of esters is 1. The van der Waals surface area contributed by atoms with Crippen LogP contribution in [0.25, 0.3) is 0 Å². The number of ether oxygens (including phenoxy) is 1. The van der Waals surface area contributed by atoms with Gasteiger partial charge in [0.25, 0.3) is 5.91 Å². The van der Waals surface area contributed by atoms with Crippen molar-refractivity contribution in [1.82, 2.24) is 9.80 Å². The molecular formula is C16H24N2O5S2. The molecule has 0 radical (unpaired) electrons. The van der Waals surface area contributed by atoms with Gasteiger partial charge in [-0.2, -0.15) is 0 Å². The van der Waals surface area contributed by atoms with Gasteiger partial charge in [0.1, 0.15) is 15.5 Å². The maximum Gasteiger partial charge on any atom is 0.339 e. The van der Waals surface area contributed by atoms with E-state index in [-0.39, 0.29) is 29.5 Å². The maximum atomic E-state index is 13.0. The molecule has 0 aromatic rings. The number of carbonyl (C=O) groups is 2. The average molecular weight is 389 g/mol. The Kier molecular flexibility index (Phi) is 5.34. The fourth-order valence-corrected chi connectivity index (χ4v) is 6.31. The second-order valence-electron chi connectivity index (χ2n) is 6.79. The molecule has 2 atom stereocenters. The molecular weight excluding hydrogens is 364 g/mol. The van der Waals surface area contributed by atoms with Gasteiger partial charge in [0.15, 0.2) is 5.37 Å². The molecule has 0 aliphatic carbocycles. The zero-order chi connectivity index (χ0) is 18.2. The third-order valence-corrected chi connectivity index (χ3v) is 7.94. The first kappa shape index (κ1) is 18.6. The van der Waals surface area contributed by atoms with Crippen LogP contribution in [-0.2, 0) is 24.2 Å². The molecule has 3 aliphatic heterocycles. The predicted octanol–water partition coefficient (Wildman–Crippen LogP) is 0.964. The van der Waals surface area contributed by atoms with Crippen molar-refractivity contribution in [3.05, 3.63) is 11.1 Å². The average Bonchev–Trinajstić information content (AvgIpc) is 3.20. The fraction of sp³-hybridized carbons (Fsp3) is 0.750. The van der Waals surface area contributed by atoms with E-state index in [0.717, 1.165) is 19.4 Å². The van der Waals surface area contributed by atoms with Crippen molar-refractivity contribution in [2.75, 3.05) is 25.2 Å². The smallest absolute Gasteiger partial charge is 0.339 e. The SMILES string of the molecule is COC(=O)C1SC=C(C(=O)N2CCCC2C)N1C1CCS(=O)(=O)CC1. The summed E-state index contributed by atoms with van der Waals surface area (Å²) in [6.45, 7) is 2.75. The molecule has 1 amide bonds. The molecule has 2 saturated heterocycles. The molecule has 0 aromatic heterocycles. The van der Waals surface area contributed by atoms with Gasteiger partial charge in [0.05, 0.1) is 18.6 Å². The summed E-state index contributed by atoms with van der Waals surface area (Å²) < 4.78 is 28.4. The quantitative estimate of drug-likeness (QED) is 0.666. The van der Waals surface area contributed by atoms with Gasteiger partial charge in [0.2, 0.25) is 0 Å². The molecule has 3 rings (SSSR count). The van der Waals surface area contributed by atoms with Crippen LogP contribution in [0.5, 0.6) is 0 Å². The third kappa shape index (κ3) is 3.67. The van der Waals surface area contributed by atoms with E-state index in [1.165, 1.54) is 18.9 Å². The number of methoxy groups -OCH3 is 1. The van der Waals surface area contributed by atoms with Crippen LogP contribution in [0.3, 0.4) is 0 Å². The van der Waals surface area contributed by atoms with Crippen LogP contribution in [0, 0.1) is 0 Å². The second kappa shape index (κ2) is 7.19. The first-order valence-corrected chi connectivity index (χ1v) is 11.3. The van der Waals surface area contributed by atoms with E-state index >= 15 is 0 Å². The molecule has 3 aliphatic rings. The van der Waals surface area contributed by atoms with Crippen molar-refractivity contribution in [2.24, 2.45) is 0 Å². The number of hydrogen-bond acceptors (Lipinski definition) is 7. The number of likely N-dealkylation sites (tertiary alicyclic amines) is 1. The molecule has 0 saturated carbocycles. The Labute approximate surface area is 152 Å². The third-order valence-electron chi connectivity index (χ3n) is 5.19. The van der Waals surface area contributed by atoms with Gasteiger partial charge in [-0.05, 0) is 32.6 Å². The van der Waals surface area contributed by atoms with Gasteiger partial charge in [-0.1, -0.05) is 11.8 Å². The van der Waals surface area contributed by atoms with Crippen LogP contribution in [-0.4, -0.2) is 72.7 Å². The molecule has 2 unspecified atom stereocenters. The van der Waals surface area contributed by atoms with E-state index < -0.39 is 21.2 Å². The Balaban J connectivity index is 1.83. The molecule has 0 aromatic carbocycles. The van der Waals surface area contributed by atoms with Gasteiger partial charge in [-0.25, -0.2) is 13.2 Å². The lowest BCUT2D eigenvalue weighted by molar-refractivity contribution is -0.143. The summed E-state index contributed by atoms with van der Waals surface area (Å²) in [5.74, 6) is -0.299. The number of thioether (sulfide) groups is 1. The van der Waals surface area contributed by atoms with Gasteiger partial charge in [0, 0.05) is 24.0 Å². The van der Waals surface area contributed by atoms with Gasteiger partial charge >= 0.3 is 5.97 Å². The van der Waals surface area contributed by atoms with Gasteiger partial charge in [-0.3, -0.25) is 4.79 Å². The topological polar surface area (TPSA) is 84.0 Å². The molecule has 140 valence electrons. The minimum atomic E-state index is -3.02. The molecule has 7 nitrogen and oxygen atoms in total. The summed E-state index contributed by atoms with van der Waals surface area (Å²) in [5, 5.41) is 1.12. The Hall–Kier alpha value is -1.22. The minimum Gasteiger partial charge on any atom is -0.467 e. The van der Waals surface area contributed by atoms with Crippen molar-refractivity contribution < 1.29 is 22.7 Å². The number of hydrogen-bond donors (Lipinski definition) is 0. The predicted molar refractivity (Wildman–Crippen MR) is 95.4 cm³/mol. The first-order chi connectivity index (χ1) is 11.8. The number of rotatable bonds is 3. The van der Waals surface area contributed by atoms with Crippen molar-refractivity contribution in [1.29, 1.82) is 0 Å². The number of sulfone groups is 1. The highest BCUT2D eigenvalue weighted by atomic mass is 32.2. The Morgan fingerprint density at radius 1 is 1.24 bits per heavy atom. The first-order valence-electron chi connectivity index (χ1n) is 8.57. The van der Waals surface area contributed by atoms with E-state index in [1.807, 2.05) is 11.8 Å². The lowest BCUT2D eigenvalue weighted by Gasteiger charge is -2.38. The van der Waals surface area contributed by atoms with Crippen molar-refractivity contribution in [2.45, 2.75) is 50.1 Å². The summed E-state index contributed by atoms with van der Waals surface area (Å²) in [7, 11) is -1.69. The lowest BCUT2D eigenvalue weighted by Crippen LogP contribution is -2.50. The highest BCUT2D eigenvalue weighted by Crippen LogP contribution is 2.38. The number of carbonyl (C=O) groups excluding carboxylic acids is 2. The summed E-state index contributed by atoms with van der Waals surface area (Å²) in [6.07, 6.45) is 2.82. The van der Waals surface area contributed by atoms with Crippen molar-refractivity contribution >= 4 is 33.5 Å². The Morgan fingerprint density at radius 2 is 1.92 bits per heavy atom. The van der Waals surface area contributed by atoms with E-state index in [0.29, 0.717) is 18.5 Å². The Bertz CT molecular complexity index is 677. The van der Waals surface area contributed by atoms with Crippen LogP contribution in [0.1, 0.15) is 32.6 Å². The van der Waals surface area contributed by atoms with E-state index in [2.05, 4.69) is 0 Å². The molecule has 2 fully saturated rings. The van der Waals surface area contributed by atoms with Crippen LogP contribution >= 0.6 is 11.8 Å². The molecule has 0 N–H and O–H groups in total. The molecule has 0 spiro atoms. The second-order valence-corrected chi connectivity index (χ2v) is 10.1. The number of nitrogens with zero attached hydrogens (tertiary/aromatic N) is 2. The lowest BCUT2D eigenvalue weighted by atomic mass is 10.1. The fourth-order valence-electron chi connectivity index (χ4n) is 3.74. The standard InChI is InChI=1S/C16H24N2O5S2/c1-11-4-3-7-17(11)14(19)13-10-24-15(16(20)23-2)18(13)12-5-8-25(21,22)9-6-12/h10-12,15H,3-9H2,1-2H3. The van der Waals surface area contributed by atoms with Crippen LogP contribution in [0.15, 0.2) is 11.1 Å². The molecule has 9 heteroatoms. The van der Waals surface area contributed by atoms with E-state index in [4.69, 9.17) is 4.74 Å². The maximum absolute atomic E-state index is 13.0. The molecule has 0 bridgehead atoms.